The van der Waals surface area contributed by atoms with Gasteiger partial charge in [0, 0.05) is 36.6 Å². The van der Waals surface area contributed by atoms with Gasteiger partial charge in [-0.1, -0.05) is 17.3 Å². The predicted octanol–water partition coefficient (Wildman–Crippen LogP) is 2.69. The van der Waals surface area contributed by atoms with E-state index in [0.29, 0.717) is 24.2 Å². The van der Waals surface area contributed by atoms with Crippen molar-refractivity contribution in [3.8, 4) is 5.75 Å². The van der Waals surface area contributed by atoms with Gasteiger partial charge in [0.2, 0.25) is 5.91 Å². The minimum atomic E-state index is -0.974. The number of aromatic nitrogens is 1. The summed E-state index contributed by atoms with van der Waals surface area (Å²) in [5.74, 6) is -1.68. The van der Waals surface area contributed by atoms with Crippen LogP contribution in [0.5, 0.6) is 5.75 Å². The van der Waals surface area contributed by atoms with Crippen molar-refractivity contribution in [1.82, 2.24) is 10.1 Å². The number of amides is 1. The van der Waals surface area contributed by atoms with E-state index in [2.05, 4.69) is 5.16 Å². The van der Waals surface area contributed by atoms with Crippen molar-refractivity contribution in [2.24, 2.45) is 0 Å². The first-order valence-corrected chi connectivity index (χ1v) is 8.91. The molecule has 2 atom stereocenters. The summed E-state index contributed by atoms with van der Waals surface area (Å²) >= 11 is 0. The number of hydrogen-bond donors (Lipinski definition) is 1. The molecule has 2 heterocycles. The Morgan fingerprint density at radius 3 is 2.75 bits per heavy atom. The topological polar surface area (TPSA) is 75.8 Å². The van der Waals surface area contributed by atoms with Crippen molar-refractivity contribution in [2.45, 2.75) is 25.0 Å². The molecule has 1 amide bonds. The fourth-order valence-corrected chi connectivity index (χ4v) is 3.37. The quantitative estimate of drug-likeness (QED) is 0.744. The SMILES string of the molecule is O=C(Cc1noc2ccccc12)N1CC[C@@H](Oc2cc(F)cc(F)c2)[C@H](O)C1. The van der Waals surface area contributed by atoms with Gasteiger partial charge in [0.25, 0.3) is 0 Å². The molecule has 1 N–H and O–H groups in total. The maximum Gasteiger partial charge on any atom is 0.228 e. The number of halogens is 2. The van der Waals surface area contributed by atoms with Crippen LogP contribution in [-0.2, 0) is 11.2 Å². The van der Waals surface area contributed by atoms with Gasteiger partial charge in [-0.2, -0.15) is 0 Å². The van der Waals surface area contributed by atoms with Gasteiger partial charge in [0.15, 0.2) is 5.58 Å². The van der Waals surface area contributed by atoms with Crippen molar-refractivity contribution < 1.29 is 27.9 Å². The third-order valence-electron chi connectivity index (χ3n) is 4.77. The molecule has 0 bridgehead atoms. The number of carbonyl (C=O) groups excluding carboxylic acids is 1. The first-order chi connectivity index (χ1) is 13.5. The molecule has 8 heteroatoms. The number of piperidine rings is 1. The molecule has 28 heavy (non-hydrogen) atoms. The smallest absolute Gasteiger partial charge is 0.228 e. The van der Waals surface area contributed by atoms with E-state index in [4.69, 9.17) is 9.26 Å². The Morgan fingerprint density at radius 2 is 2.00 bits per heavy atom. The van der Waals surface area contributed by atoms with Crippen LogP contribution >= 0.6 is 0 Å². The van der Waals surface area contributed by atoms with Crippen LogP contribution in [0, 0.1) is 11.6 Å². The summed E-state index contributed by atoms with van der Waals surface area (Å²) in [6.45, 7) is 0.422. The zero-order chi connectivity index (χ0) is 19.7. The van der Waals surface area contributed by atoms with Gasteiger partial charge in [-0.3, -0.25) is 4.79 Å². The number of hydrogen-bond acceptors (Lipinski definition) is 5. The summed E-state index contributed by atoms with van der Waals surface area (Å²) in [4.78, 5) is 14.1. The van der Waals surface area contributed by atoms with Crippen LogP contribution in [0.1, 0.15) is 12.1 Å². The number of nitrogens with zero attached hydrogens (tertiary/aromatic N) is 2. The standard InChI is InChI=1S/C20H18F2N2O4/c21-12-7-13(22)9-14(8-12)27-19-5-6-24(11-17(19)25)20(26)10-16-15-3-1-2-4-18(15)28-23-16/h1-4,7-9,17,19,25H,5-6,10-11H2/t17-,19-/m1/s1. The van der Waals surface area contributed by atoms with E-state index in [1.165, 1.54) is 4.90 Å². The monoisotopic (exact) mass is 388 g/mol. The molecule has 2 aromatic carbocycles. The number of β-amino-alcohol motifs (C(OH)–C–C–N with tert-alkyl or cyclic N) is 1. The van der Waals surface area contributed by atoms with Crippen molar-refractivity contribution >= 4 is 16.9 Å². The molecule has 0 unspecified atom stereocenters. The van der Waals surface area contributed by atoms with E-state index in [-0.39, 0.29) is 24.6 Å². The zero-order valence-electron chi connectivity index (χ0n) is 14.8. The van der Waals surface area contributed by atoms with Crippen LogP contribution in [0.15, 0.2) is 47.0 Å². The Kier molecular flexibility index (Phi) is 4.95. The molecule has 3 aromatic rings. The van der Waals surface area contributed by atoms with Gasteiger partial charge in [-0.25, -0.2) is 8.78 Å². The average molecular weight is 388 g/mol. The van der Waals surface area contributed by atoms with Gasteiger partial charge in [-0.15, -0.1) is 0 Å². The Bertz CT molecular complexity index is 987. The molecule has 0 spiro atoms. The summed E-state index contributed by atoms with van der Waals surface area (Å²) in [6.07, 6.45) is -1.23. The number of aliphatic hydroxyl groups excluding tert-OH is 1. The lowest BCUT2D eigenvalue weighted by molar-refractivity contribution is -0.136. The highest BCUT2D eigenvalue weighted by Gasteiger charge is 2.32. The molecule has 1 aliphatic heterocycles. The summed E-state index contributed by atoms with van der Waals surface area (Å²) < 4.78 is 37.3. The summed E-state index contributed by atoms with van der Waals surface area (Å²) in [6, 6.07) is 10.1. The summed E-state index contributed by atoms with van der Waals surface area (Å²) in [5, 5.41) is 15.1. The van der Waals surface area contributed by atoms with E-state index in [1.54, 1.807) is 6.07 Å². The molecule has 1 aromatic heterocycles. The van der Waals surface area contributed by atoms with Crippen LogP contribution < -0.4 is 4.74 Å². The Morgan fingerprint density at radius 1 is 1.25 bits per heavy atom. The van der Waals surface area contributed by atoms with E-state index >= 15 is 0 Å². The highest BCUT2D eigenvalue weighted by Crippen LogP contribution is 2.23. The van der Waals surface area contributed by atoms with Crippen LogP contribution in [-0.4, -0.2) is 46.4 Å². The largest absolute Gasteiger partial charge is 0.487 e. The molecule has 0 aliphatic carbocycles. The Hall–Kier alpha value is -3.00. The maximum absolute atomic E-state index is 13.3. The number of carbonyl (C=O) groups is 1. The molecular weight excluding hydrogens is 370 g/mol. The fourth-order valence-electron chi connectivity index (χ4n) is 3.37. The van der Waals surface area contributed by atoms with Gasteiger partial charge in [-0.05, 0) is 12.1 Å². The number of fused-ring (bicyclic) bond motifs is 1. The van der Waals surface area contributed by atoms with E-state index in [9.17, 15) is 18.7 Å². The van der Waals surface area contributed by atoms with E-state index < -0.39 is 23.8 Å². The van der Waals surface area contributed by atoms with Gasteiger partial charge in [0.05, 0.1) is 13.0 Å². The minimum absolute atomic E-state index is 0.00962. The number of ether oxygens (including phenoxy) is 1. The lowest BCUT2D eigenvalue weighted by Gasteiger charge is -2.35. The van der Waals surface area contributed by atoms with Crippen molar-refractivity contribution in [2.75, 3.05) is 13.1 Å². The molecule has 6 nitrogen and oxygen atoms in total. The first kappa shape index (κ1) is 18.4. The number of rotatable bonds is 4. The second-order valence-corrected chi connectivity index (χ2v) is 6.76. The molecule has 0 radical (unpaired) electrons. The average Bonchev–Trinajstić information content (AvgIpc) is 3.05. The minimum Gasteiger partial charge on any atom is -0.487 e. The number of likely N-dealkylation sites (tertiary alicyclic amines) is 1. The first-order valence-electron chi connectivity index (χ1n) is 8.91. The third-order valence-corrected chi connectivity index (χ3v) is 4.77. The lowest BCUT2D eigenvalue weighted by Crippen LogP contribution is -2.51. The molecule has 1 saturated heterocycles. The van der Waals surface area contributed by atoms with E-state index in [1.807, 2.05) is 18.2 Å². The molecule has 146 valence electrons. The van der Waals surface area contributed by atoms with Crippen molar-refractivity contribution in [1.29, 1.82) is 0 Å². The molecule has 0 saturated carbocycles. The summed E-state index contributed by atoms with van der Waals surface area (Å²) in [7, 11) is 0. The number of aliphatic hydroxyl groups is 1. The fraction of sp³-hybridized carbons (Fsp3) is 0.300. The maximum atomic E-state index is 13.3. The third kappa shape index (κ3) is 3.82. The Balaban J connectivity index is 1.38. The van der Waals surface area contributed by atoms with Crippen molar-refractivity contribution in [3.63, 3.8) is 0 Å². The normalized spacial score (nSPS) is 19.8. The van der Waals surface area contributed by atoms with Crippen LogP contribution in [0.4, 0.5) is 8.78 Å². The highest BCUT2D eigenvalue weighted by molar-refractivity contribution is 5.86. The van der Waals surface area contributed by atoms with Crippen LogP contribution in [0.3, 0.4) is 0 Å². The Labute approximate surface area is 159 Å². The predicted molar refractivity (Wildman–Crippen MR) is 95.7 cm³/mol. The summed E-state index contributed by atoms with van der Waals surface area (Å²) in [5.41, 5.74) is 1.16. The zero-order valence-corrected chi connectivity index (χ0v) is 14.8. The molecule has 4 rings (SSSR count). The second kappa shape index (κ2) is 7.55. The lowest BCUT2D eigenvalue weighted by atomic mass is 10.0. The van der Waals surface area contributed by atoms with E-state index in [0.717, 1.165) is 23.6 Å². The molecular formula is C20H18F2N2O4. The second-order valence-electron chi connectivity index (χ2n) is 6.76. The molecule has 1 aliphatic rings. The van der Waals surface area contributed by atoms with Crippen LogP contribution in [0.25, 0.3) is 11.0 Å². The van der Waals surface area contributed by atoms with Crippen molar-refractivity contribution in [3.05, 3.63) is 59.8 Å². The van der Waals surface area contributed by atoms with Gasteiger partial charge >= 0.3 is 0 Å². The van der Waals surface area contributed by atoms with Crippen LogP contribution in [0.2, 0.25) is 0 Å². The highest BCUT2D eigenvalue weighted by atomic mass is 19.1. The van der Waals surface area contributed by atoms with Gasteiger partial charge in [0.1, 0.15) is 35.3 Å². The number of benzene rings is 2. The number of para-hydroxylation sites is 1. The van der Waals surface area contributed by atoms with Gasteiger partial charge < -0.3 is 19.3 Å². The molecule has 1 fully saturated rings.